The molecule has 0 aliphatic carbocycles. The van der Waals surface area contributed by atoms with E-state index in [1.807, 2.05) is 0 Å². The van der Waals surface area contributed by atoms with Gasteiger partial charge in [0.25, 0.3) is 17.3 Å². The highest BCUT2D eigenvalue weighted by Crippen LogP contribution is 2.15. The molecule has 0 heterocycles. The van der Waals surface area contributed by atoms with Gasteiger partial charge in [-0.15, -0.1) is 0 Å². The molecule has 2 aromatic rings. The zero-order valence-electron chi connectivity index (χ0n) is 12.5. The second kappa shape index (κ2) is 7.08. The molecule has 0 unspecified atom stereocenters. The number of non-ortho nitro benzene ring substituents is 1. The van der Waals surface area contributed by atoms with Gasteiger partial charge < -0.3 is 10.3 Å². The van der Waals surface area contributed by atoms with Crippen molar-refractivity contribution in [2.75, 3.05) is 7.11 Å². The molecule has 0 aromatic heterocycles. The molecule has 8 nitrogen and oxygen atoms in total. The van der Waals surface area contributed by atoms with Crippen LogP contribution in [0.2, 0.25) is 0 Å². The van der Waals surface area contributed by atoms with Crippen LogP contribution in [0.15, 0.2) is 48.5 Å². The fourth-order valence-corrected chi connectivity index (χ4v) is 1.94. The third-order valence-electron chi connectivity index (χ3n) is 3.22. The number of methoxy groups -OCH3 is 1. The van der Waals surface area contributed by atoms with Crippen LogP contribution in [0.3, 0.4) is 0 Å². The molecule has 8 heteroatoms. The van der Waals surface area contributed by atoms with Crippen LogP contribution in [-0.2, 0) is 0 Å². The Balaban J connectivity index is 2.29. The Morgan fingerprint density at radius 1 is 1.00 bits per heavy atom. The van der Waals surface area contributed by atoms with E-state index >= 15 is 0 Å². The predicted molar refractivity (Wildman–Crippen MR) is 83.4 cm³/mol. The summed E-state index contributed by atoms with van der Waals surface area (Å²) in [6, 6.07) is 10.5. The van der Waals surface area contributed by atoms with Gasteiger partial charge in [-0.1, -0.05) is 0 Å². The molecule has 0 aliphatic heterocycles. The average molecular weight is 325 g/mol. The second-order valence-electron chi connectivity index (χ2n) is 4.64. The molecule has 0 spiro atoms. The Bertz CT molecular complexity index is 850. The van der Waals surface area contributed by atoms with E-state index in [0.29, 0.717) is 5.75 Å². The maximum Gasteiger partial charge on any atom is 0.409 e. The molecule has 0 saturated carbocycles. The number of carbonyl (C=O) groups excluding carboxylic acids is 2. The Morgan fingerprint density at radius 3 is 1.83 bits per heavy atom. The summed E-state index contributed by atoms with van der Waals surface area (Å²) in [7, 11) is 1.47. The molecule has 0 bridgehead atoms. The smallest absolute Gasteiger partial charge is 0.409 e. The van der Waals surface area contributed by atoms with Crippen molar-refractivity contribution in [2.24, 2.45) is 0 Å². The Kier molecular flexibility index (Phi) is 4.93. The van der Waals surface area contributed by atoms with Gasteiger partial charge in [0.2, 0.25) is 0 Å². The maximum atomic E-state index is 12.3. The van der Waals surface area contributed by atoms with Gasteiger partial charge >= 0.3 is 5.71 Å². The topological polar surface area (TPSA) is 123 Å². The van der Waals surface area contributed by atoms with Gasteiger partial charge in [0.1, 0.15) is 5.75 Å². The highest BCUT2D eigenvalue weighted by Gasteiger charge is 2.31. The zero-order chi connectivity index (χ0) is 17.7. The lowest BCUT2D eigenvalue weighted by atomic mass is 9.99. The number of nitrogens with zero attached hydrogens (tertiary/aromatic N) is 3. The van der Waals surface area contributed by atoms with E-state index in [9.17, 15) is 19.7 Å². The van der Waals surface area contributed by atoms with E-state index < -0.39 is 22.2 Å². The summed E-state index contributed by atoms with van der Waals surface area (Å²) in [4.78, 5) is 37.4. The molecule has 0 saturated heterocycles. The summed E-state index contributed by atoms with van der Waals surface area (Å²) in [5.74, 6) is -1.09. The van der Waals surface area contributed by atoms with Gasteiger partial charge in [0.05, 0.1) is 12.0 Å². The number of nitro groups is 1. The normalized spacial score (nSPS) is 9.71. The largest absolute Gasteiger partial charge is 0.497 e. The van der Waals surface area contributed by atoms with Gasteiger partial charge in [-0.3, -0.25) is 19.7 Å². The van der Waals surface area contributed by atoms with E-state index in [-0.39, 0.29) is 16.8 Å². The average Bonchev–Trinajstić information content (AvgIpc) is 2.62. The highest BCUT2D eigenvalue weighted by atomic mass is 16.6. The molecule has 24 heavy (non-hydrogen) atoms. The lowest BCUT2D eigenvalue weighted by molar-refractivity contribution is -0.384. The van der Waals surface area contributed by atoms with Crippen molar-refractivity contribution in [1.29, 1.82) is 0 Å². The molecule has 2 rings (SSSR count). The van der Waals surface area contributed by atoms with E-state index in [1.54, 1.807) is 0 Å². The van der Waals surface area contributed by atoms with Crippen molar-refractivity contribution in [3.05, 3.63) is 75.3 Å². The first-order chi connectivity index (χ1) is 11.5. The standard InChI is InChI=1S/C16H11N3O5/c1-24-13-8-4-11(5-9-13)16(21)14(18-17)15(20)10-2-6-12(7-3-10)19(22)23/h2-9H,1H3. The molecule has 0 aliphatic rings. The SMILES string of the molecule is COc1ccc(C(=O)C(=[N+]=[N-])C(=O)c2ccc([N+](=O)[O-])cc2)cc1. The Morgan fingerprint density at radius 2 is 1.46 bits per heavy atom. The number of benzene rings is 2. The highest BCUT2D eigenvalue weighted by molar-refractivity contribution is 6.70. The minimum absolute atomic E-state index is 0.00439. The fourth-order valence-electron chi connectivity index (χ4n) is 1.94. The van der Waals surface area contributed by atoms with Crippen molar-refractivity contribution >= 4 is 23.0 Å². The van der Waals surface area contributed by atoms with E-state index in [4.69, 9.17) is 10.3 Å². The van der Waals surface area contributed by atoms with E-state index in [2.05, 4.69) is 4.79 Å². The molecule has 0 radical (unpaired) electrons. The summed E-state index contributed by atoms with van der Waals surface area (Å²) >= 11 is 0. The van der Waals surface area contributed by atoms with Crippen LogP contribution in [0.4, 0.5) is 5.69 Å². The summed E-state index contributed by atoms with van der Waals surface area (Å²) in [5.41, 5.74) is 8.30. The Labute approximate surface area is 136 Å². The van der Waals surface area contributed by atoms with Crippen LogP contribution in [-0.4, -0.2) is 34.1 Å². The van der Waals surface area contributed by atoms with Gasteiger partial charge in [-0.25, -0.2) is 0 Å². The fraction of sp³-hybridized carbons (Fsp3) is 0.0625. The molecule has 0 N–H and O–H groups in total. The monoisotopic (exact) mass is 325 g/mol. The number of Topliss-reactive ketones (excluding diaryl/α,β-unsaturated/α-hetero) is 2. The molecule has 0 fully saturated rings. The molecular formula is C16H11N3O5. The van der Waals surface area contributed by atoms with Gasteiger partial charge in [-0.2, -0.15) is 4.79 Å². The van der Waals surface area contributed by atoms with Crippen molar-refractivity contribution in [2.45, 2.75) is 0 Å². The molecule has 0 amide bonds. The number of hydrogen-bond acceptors (Lipinski definition) is 5. The lowest BCUT2D eigenvalue weighted by Crippen LogP contribution is -2.25. The number of rotatable bonds is 6. The molecule has 120 valence electrons. The molecule has 0 atom stereocenters. The number of nitro benzene ring substituents is 1. The summed E-state index contributed by atoms with van der Waals surface area (Å²) in [6.07, 6.45) is 0. The number of hydrogen-bond donors (Lipinski definition) is 0. The minimum atomic E-state index is -0.840. The van der Waals surface area contributed by atoms with Crippen molar-refractivity contribution < 1.29 is 24.0 Å². The minimum Gasteiger partial charge on any atom is -0.497 e. The van der Waals surface area contributed by atoms with Gasteiger partial charge in [0.15, 0.2) is 0 Å². The van der Waals surface area contributed by atoms with E-state index in [0.717, 1.165) is 12.1 Å². The maximum absolute atomic E-state index is 12.3. The van der Waals surface area contributed by atoms with Crippen LogP contribution in [0.5, 0.6) is 5.75 Å². The second-order valence-corrected chi connectivity index (χ2v) is 4.64. The summed E-state index contributed by atoms with van der Waals surface area (Å²) in [6.45, 7) is 0. The quantitative estimate of drug-likeness (QED) is 0.153. The van der Waals surface area contributed by atoms with Crippen LogP contribution in [0.1, 0.15) is 20.7 Å². The molecule has 2 aromatic carbocycles. The van der Waals surface area contributed by atoms with Crippen LogP contribution < -0.4 is 4.74 Å². The first-order valence-electron chi connectivity index (χ1n) is 6.68. The summed E-state index contributed by atoms with van der Waals surface area (Å²) < 4.78 is 4.97. The molecular weight excluding hydrogens is 314 g/mol. The van der Waals surface area contributed by atoms with Crippen molar-refractivity contribution in [3.8, 4) is 5.75 Å². The van der Waals surface area contributed by atoms with Crippen molar-refractivity contribution in [3.63, 3.8) is 0 Å². The third-order valence-corrected chi connectivity index (χ3v) is 3.22. The van der Waals surface area contributed by atoms with Crippen LogP contribution in [0.25, 0.3) is 5.53 Å². The first-order valence-corrected chi connectivity index (χ1v) is 6.68. The zero-order valence-corrected chi connectivity index (χ0v) is 12.5. The van der Waals surface area contributed by atoms with Crippen molar-refractivity contribution in [1.82, 2.24) is 0 Å². The Hall–Kier alpha value is -3.64. The van der Waals surface area contributed by atoms with Crippen LogP contribution >= 0.6 is 0 Å². The number of ketones is 2. The van der Waals surface area contributed by atoms with Gasteiger partial charge in [-0.05, 0) is 36.4 Å². The number of ether oxygens (including phenoxy) is 1. The first kappa shape index (κ1) is 16.7. The summed E-state index contributed by atoms with van der Waals surface area (Å²) in [5, 5.41) is 10.6. The lowest BCUT2D eigenvalue weighted by Gasteiger charge is -2.01. The van der Waals surface area contributed by atoms with E-state index in [1.165, 1.54) is 43.5 Å². The third kappa shape index (κ3) is 3.40. The number of carbonyl (C=O) groups is 2. The predicted octanol–water partition coefficient (Wildman–Crippen LogP) is 2.34. The van der Waals surface area contributed by atoms with Crippen LogP contribution in [0, 0.1) is 10.1 Å². The van der Waals surface area contributed by atoms with Gasteiger partial charge in [0, 0.05) is 23.3 Å².